The summed E-state index contributed by atoms with van der Waals surface area (Å²) in [6, 6.07) is 5.47. The van der Waals surface area contributed by atoms with Gasteiger partial charge in [0, 0.05) is 22.7 Å². The zero-order valence-electron chi connectivity index (χ0n) is 11.4. The van der Waals surface area contributed by atoms with E-state index in [2.05, 4.69) is 15.9 Å². The predicted molar refractivity (Wildman–Crippen MR) is 81.6 cm³/mol. The van der Waals surface area contributed by atoms with Gasteiger partial charge in [0.1, 0.15) is 15.6 Å². The number of rotatable bonds is 4. The monoisotopic (exact) mass is 362 g/mol. The number of halogens is 1. The van der Waals surface area contributed by atoms with Crippen LogP contribution in [0.2, 0.25) is 0 Å². The van der Waals surface area contributed by atoms with Crippen LogP contribution in [0.15, 0.2) is 22.7 Å². The van der Waals surface area contributed by atoms with Crippen molar-refractivity contribution < 1.29 is 18.3 Å². The van der Waals surface area contributed by atoms with E-state index in [-0.39, 0.29) is 18.0 Å². The third-order valence-electron chi connectivity index (χ3n) is 3.67. The van der Waals surface area contributed by atoms with Crippen LogP contribution in [-0.2, 0) is 16.4 Å². The van der Waals surface area contributed by atoms with Crippen molar-refractivity contribution in [3.05, 3.63) is 28.2 Å². The van der Waals surface area contributed by atoms with E-state index < -0.39 is 9.84 Å². The van der Waals surface area contributed by atoms with E-state index in [1.54, 1.807) is 6.07 Å². The van der Waals surface area contributed by atoms with E-state index in [1.165, 1.54) is 6.26 Å². The Morgan fingerprint density at radius 3 is 2.80 bits per heavy atom. The molecular formula is C14H19BrO4S. The van der Waals surface area contributed by atoms with E-state index in [0.717, 1.165) is 17.3 Å². The van der Waals surface area contributed by atoms with E-state index in [0.29, 0.717) is 24.2 Å². The molecule has 1 saturated carbocycles. The van der Waals surface area contributed by atoms with Gasteiger partial charge in [-0.05, 0) is 37.5 Å². The molecule has 2 rings (SSSR count). The molecule has 0 spiro atoms. The van der Waals surface area contributed by atoms with Gasteiger partial charge in [-0.2, -0.15) is 0 Å². The Balaban J connectivity index is 2.10. The van der Waals surface area contributed by atoms with Crippen molar-refractivity contribution >= 4 is 25.8 Å². The molecule has 2 unspecified atom stereocenters. The second-order valence-corrected chi connectivity index (χ2v) is 8.51. The summed E-state index contributed by atoms with van der Waals surface area (Å²) in [5, 5.41) is 9.05. The van der Waals surface area contributed by atoms with Gasteiger partial charge >= 0.3 is 0 Å². The molecule has 1 aliphatic carbocycles. The molecule has 112 valence electrons. The predicted octanol–water partition coefficient (Wildman–Crippen LogP) is 2.68. The fraction of sp³-hybridized carbons (Fsp3) is 0.571. The molecule has 6 heteroatoms. The second-order valence-electron chi connectivity index (χ2n) is 5.27. The molecule has 0 amide bonds. The second kappa shape index (κ2) is 6.45. The minimum Gasteiger partial charge on any atom is -0.490 e. The molecule has 1 N–H and O–H groups in total. The molecule has 0 radical (unpaired) electrons. The van der Waals surface area contributed by atoms with Gasteiger partial charge in [0.2, 0.25) is 0 Å². The van der Waals surface area contributed by atoms with E-state index in [1.807, 2.05) is 12.1 Å². The van der Waals surface area contributed by atoms with Crippen LogP contribution in [0.5, 0.6) is 5.75 Å². The molecule has 0 aromatic heterocycles. The molecule has 4 nitrogen and oxygen atoms in total. The van der Waals surface area contributed by atoms with Crippen molar-refractivity contribution in [3.8, 4) is 5.75 Å². The lowest BCUT2D eigenvalue weighted by atomic mass is 9.97. The van der Waals surface area contributed by atoms with Crippen molar-refractivity contribution in [3.63, 3.8) is 0 Å². The van der Waals surface area contributed by atoms with Crippen LogP contribution in [0.3, 0.4) is 0 Å². The summed E-state index contributed by atoms with van der Waals surface area (Å²) >= 11 is 3.35. The molecule has 0 saturated heterocycles. The average molecular weight is 363 g/mol. The molecule has 0 bridgehead atoms. The third-order valence-corrected chi connectivity index (χ3v) is 5.80. The van der Waals surface area contributed by atoms with Crippen molar-refractivity contribution in [2.24, 2.45) is 0 Å². The Labute approximate surface area is 128 Å². The molecule has 20 heavy (non-hydrogen) atoms. The maximum absolute atomic E-state index is 11.7. The molecule has 2 atom stereocenters. The highest BCUT2D eigenvalue weighted by atomic mass is 79.9. The minimum atomic E-state index is -3.01. The number of hydrogen-bond donors (Lipinski definition) is 1. The fourth-order valence-electron chi connectivity index (χ4n) is 2.56. The van der Waals surface area contributed by atoms with Gasteiger partial charge in [0.05, 0.1) is 18.0 Å². The molecule has 0 heterocycles. The highest BCUT2D eigenvalue weighted by Gasteiger charge is 2.30. The van der Waals surface area contributed by atoms with Gasteiger partial charge < -0.3 is 9.84 Å². The Hall–Kier alpha value is -0.590. The fourth-order valence-corrected chi connectivity index (χ4v) is 4.13. The quantitative estimate of drug-likeness (QED) is 0.894. The van der Waals surface area contributed by atoms with Crippen molar-refractivity contribution in [2.75, 3.05) is 6.26 Å². The van der Waals surface area contributed by atoms with Crippen LogP contribution >= 0.6 is 15.9 Å². The van der Waals surface area contributed by atoms with E-state index in [9.17, 15) is 13.5 Å². The third kappa shape index (κ3) is 3.96. The molecule has 1 fully saturated rings. The van der Waals surface area contributed by atoms with E-state index in [4.69, 9.17) is 4.74 Å². The molecule has 0 aliphatic heterocycles. The first-order valence-electron chi connectivity index (χ1n) is 6.65. The average Bonchev–Trinajstić information content (AvgIpc) is 2.40. The number of aliphatic hydroxyl groups excluding tert-OH is 1. The molecular weight excluding hydrogens is 344 g/mol. The summed E-state index contributed by atoms with van der Waals surface area (Å²) in [6.45, 7) is -0.100. The number of benzene rings is 1. The topological polar surface area (TPSA) is 63.6 Å². The van der Waals surface area contributed by atoms with Gasteiger partial charge in [-0.3, -0.25) is 0 Å². The summed E-state index contributed by atoms with van der Waals surface area (Å²) in [4.78, 5) is 0. The lowest BCUT2D eigenvalue weighted by Gasteiger charge is -2.29. The first-order chi connectivity index (χ1) is 9.40. The van der Waals surface area contributed by atoms with Gasteiger partial charge in [0.25, 0.3) is 0 Å². The highest BCUT2D eigenvalue weighted by molar-refractivity contribution is 9.10. The minimum absolute atomic E-state index is 0.100. The number of sulfone groups is 1. The summed E-state index contributed by atoms with van der Waals surface area (Å²) in [5.41, 5.74) is 0.709. The Morgan fingerprint density at radius 2 is 2.15 bits per heavy atom. The van der Waals surface area contributed by atoms with E-state index >= 15 is 0 Å². The van der Waals surface area contributed by atoms with Gasteiger partial charge in [-0.1, -0.05) is 15.9 Å². The molecule has 1 aromatic carbocycles. The lowest BCUT2D eigenvalue weighted by Crippen LogP contribution is -2.33. The van der Waals surface area contributed by atoms with Gasteiger partial charge in [-0.15, -0.1) is 0 Å². The molecule has 1 aliphatic rings. The number of aliphatic hydroxyl groups is 1. The van der Waals surface area contributed by atoms with Crippen LogP contribution < -0.4 is 4.74 Å². The summed E-state index contributed by atoms with van der Waals surface area (Å²) in [7, 11) is -3.01. The first-order valence-corrected chi connectivity index (χ1v) is 9.39. The summed E-state index contributed by atoms with van der Waals surface area (Å²) in [5.74, 6) is 0.634. The SMILES string of the molecule is CS(=O)(=O)C1CCCC(Oc2ccc(Br)cc2CO)C1. The zero-order chi connectivity index (χ0) is 14.8. The largest absolute Gasteiger partial charge is 0.490 e. The lowest BCUT2D eigenvalue weighted by molar-refractivity contribution is 0.151. The number of hydrogen-bond acceptors (Lipinski definition) is 4. The van der Waals surface area contributed by atoms with Crippen molar-refractivity contribution in [1.29, 1.82) is 0 Å². The van der Waals surface area contributed by atoms with Crippen LogP contribution in [0.1, 0.15) is 31.2 Å². The number of ether oxygens (including phenoxy) is 1. The Kier molecular flexibility index (Phi) is 5.09. The first kappa shape index (κ1) is 15.8. The van der Waals surface area contributed by atoms with Crippen LogP contribution in [-0.4, -0.2) is 31.1 Å². The standard InChI is InChI=1S/C14H19BrO4S/c1-20(17,18)13-4-2-3-12(8-13)19-14-6-5-11(15)7-10(14)9-16/h5-7,12-13,16H,2-4,8-9H2,1H3. The van der Waals surface area contributed by atoms with Crippen molar-refractivity contribution in [1.82, 2.24) is 0 Å². The van der Waals surface area contributed by atoms with Crippen LogP contribution in [0, 0.1) is 0 Å². The summed E-state index contributed by atoms with van der Waals surface area (Å²) < 4.78 is 30.1. The van der Waals surface area contributed by atoms with Gasteiger partial charge in [0.15, 0.2) is 0 Å². The zero-order valence-corrected chi connectivity index (χ0v) is 13.8. The highest BCUT2D eigenvalue weighted by Crippen LogP contribution is 2.30. The van der Waals surface area contributed by atoms with Crippen LogP contribution in [0.4, 0.5) is 0 Å². The maximum Gasteiger partial charge on any atom is 0.150 e. The van der Waals surface area contributed by atoms with Crippen LogP contribution in [0.25, 0.3) is 0 Å². The summed E-state index contributed by atoms with van der Waals surface area (Å²) in [6.07, 6.45) is 4.14. The Bertz CT molecular complexity index is 571. The molecule has 1 aromatic rings. The Morgan fingerprint density at radius 1 is 1.40 bits per heavy atom. The van der Waals surface area contributed by atoms with Crippen molar-refractivity contribution in [2.45, 2.75) is 43.6 Å². The normalized spacial score (nSPS) is 23.6. The maximum atomic E-state index is 11.7. The smallest absolute Gasteiger partial charge is 0.150 e. The van der Waals surface area contributed by atoms with Gasteiger partial charge in [-0.25, -0.2) is 8.42 Å².